The largest absolute Gasteiger partial charge is 0.313 e. The SMILES string of the molecule is C=S(C)(=O)Nc1cccc(C=C2c3ccc(F)cc3CCc3cc(F)ccc32)c1. The van der Waals surface area contributed by atoms with E-state index in [-0.39, 0.29) is 11.6 Å². The Morgan fingerprint density at radius 2 is 1.52 bits per heavy atom. The van der Waals surface area contributed by atoms with Crippen LogP contribution in [0.2, 0.25) is 0 Å². The third kappa shape index (κ3) is 4.40. The zero-order valence-electron chi connectivity index (χ0n) is 16.0. The molecule has 1 atom stereocenters. The van der Waals surface area contributed by atoms with Crippen LogP contribution < -0.4 is 4.72 Å². The summed E-state index contributed by atoms with van der Waals surface area (Å²) in [5, 5.41) is 0. The van der Waals surface area contributed by atoms with E-state index >= 15 is 0 Å². The van der Waals surface area contributed by atoms with E-state index in [4.69, 9.17) is 0 Å². The summed E-state index contributed by atoms with van der Waals surface area (Å²) < 4.78 is 42.6. The highest BCUT2D eigenvalue weighted by Crippen LogP contribution is 2.36. The topological polar surface area (TPSA) is 29.1 Å². The molecule has 0 fully saturated rings. The van der Waals surface area contributed by atoms with Crippen molar-refractivity contribution in [2.24, 2.45) is 0 Å². The van der Waals surface area contributed by atoms with Gasteiger partial charge in [-0.05, 0) is 94.6 Å². The molecule has 4 rings (SSSR count). The molecule has 1 aliphatic rings. The van der Waals surface area contributed by atoms with Crippen molar-refractivity contribution in [2.45, 2.75) is 12.8 Å². The number of hydrogen-bond acceptors (Lipinski definition) is 1. The molecule has 0 heterocycles. The number of hydrogen-bond donors (Lipinski definition) is 1. The average molecular weight is 410 g/mol. The number of anilines is 1. The van der Waals surface area contributed by atoms with Crippen LogP contribution in [0.4, 0.5) is 14.5 Å². The maximum Gasteiger partial charge on any atom is 0.123 e. The Labute approximate surface area is 170 Å². The van der Waals surface area contributed by atoms with Crippen molar-refractivity contribution in [2.75, 3.05) is 11.0 Å². The van der Waals surface area contributed by atoms with Crippen LogP contribution in [0, 0.1) is 11.6 Å². The third-order valence-corrected chi connectivity index (χ3v) is 5.58. The fraction of sp³-hybridized carbons (Fsp3) is 0.125. The van der Waals surface area contributed by atoms with Crippen molar-refractivity contribution in [3.8, 4) is 0 Å². The van der Waals surface area contributed by atoms with Gasteiger partial charge in [0.25, 0.3) is 0 Å². The Hall–Kier alpha value is -2.92. The predicted octanol–water partition coefficient (Wildman–Crippen LogP) is 5.33. The lowest BCUT2D eigenvalue weighted by Crippen LogP contribution is -2.09. The second-order valence-electron chi connectivity index (χ2n) is 7.39. The fourth-order valence-electron chi connectivity index (χ4n) is 3.74. The van der Waals surface area contributed by atoms with Gasteiger partial charge in [-0.1, -0.05) is 24.3 Å². The predicted molar refractivity (Wildman–Crippen MR) is 118 cm³/mol. The minimum atomic E-state index is -2.39. The van der Waals surface area contributed by atoms with Gasteiger partial charge in [0.1, 0.15) is 11.6 Å². The van der Waals surface area contributed by atoms with Crippen LogP contribution in [0.3, 0.4) is 0 Å². The van der Waals surface area contributed by atoms with Crippen molar-refractivity contribution in [3.05, 3.63) is 100 Å². The highest BCUT2D eigenvalue weighted by Gasteiger charge is 2.19. The number of fused-ring (bicyclic) bond motifs is 2. The molecule has 0 aliphatic heterocycles. The van der Waals surface area contributed by atoms with Gasteiger partial charge in [0.05, 0.1) is 0 Å². The van der Waals surface area contributed by atoms with Crippen LogP contribution in [0.5, 0.6) is 0 Å². The first-order valence-corrected chi connectivity index (χ1v) is 11.4. The smallest absolute Gasteiger partial charge is 0.123 e. The van der Waals surface area contributed by atoms with E-state index in [1.54, 1.807) is 30.5 Å². The lowest BCUT2D eigenvalue weighted by Gasteiger charge is -2.13. The minimum absolute atomic E-state index is 0.278. The van der Waals surface area contributed by atoms with Crippen LogP contribution >= 0.6 is 0 Å². The van der Waals surface area contributed by atoms with Crippen LogP contribution in [0.25, 0.3) is 11.6 Å². The van der Waals surface area contributed by atoms with Crippen LogP contribution in [-0.2, 0) is 22.5 Å². The number of benzene rings is 3. The van der Waals surface area contributed by atoms with Crippen molar-refractivity contribution in [1.29, 1.82) is 0 Å². The molecule has 0 radical (unpaired) electrons. The number of aryl methyl sites for hydroxylation is 2. The van der Waals surface area contributed by atoms with Crippen LogP contribution in [-0.4, -0.2) is 16.3 Å². The molecule has 1 unspecified atom stereocenters. The number of rotatable bonds is 3. The molecule has 0 saturated carbocycles. The standard InChI is InChI=1S/C24H21F2NOS/c1-29(2,28)27-21-5-3-4-16(12-21)13-24-22-10-8-19(25)14-17(22)6-7-18-15-20(26)9-11-23(18)24/h3-5,8-15H,1,6-7H2,2H3,(H,27,28). The maximum atomic E-state index is 13.9. The Kier molecular flexibility index (Phi) is 5.01. The molecule has 3 aromatic rings. The second kappa shape index (κ2) is 7.48. The van der Waals surface area contributed by atoms with Gasteiger partial charge >= 0.3 is 0 Å². The lowest BCUT2D eigenvalue weighted by molar-refractivity contribution is 0.623. The Morgan fingerprint density at radius 3 is 2.07 bits per heavy atom. The van der Waals surface area contributed by atoms with Gasteiger partial charge in [-0.2, -0.15) is 0 Å². The summed E-state index contributed by atoms with van der Waals surface area (Å²) in [7, 11) is -2.39. The maximum absolute atomic E-state index is 13.9. The number of nitrogens with one attached hydrogen (secondary N) is 1. The van der Waals surface area contributed by atoms with Gasteiger partial charge in [0, 0.05) is 21.7 Å². The molecular weight excluding hydrogens is 388 g/mol. The van der Waals surface area contributed by atoms with Gasteiger partial charge in [0.2, 0.25) is 0 Å². The molecule has 2 nitrogen and oxygen atoms in total. The van der Waals surface area contributed by atoms with E-state index in [9.17, 15) is 13.0 Å². The highest BCUT2D eigenvalue weighted by molar-refractivity contribution is 8.00. The van der Waals surface area contributed by atoms with E-state index in [0.29, 0.717) is 18.5 Å². The van der Waals surface area contributed by atoms with Gasteiger partial charge in [-0.3, -0.25) is 0 Å². The zero-order chi connectivity index (χ0) is 20.6. The van der Waals surface area contributed by atoms with Crippen LogP contribution in [0.1, 0.15) is 27.8 Å². The highest BCUT2D eigenvalue weighted by atomic mass is 32.2. The van der Waals surface area contributed by atoms with Crippen molar-refractivity contribution >= 4 is 32.9 Å². The summed E-state index contributed by atoms with van der Waals surface area (Å²) in [6.45, 7) is 0. The fourth-order valence-corrected chi connectivity index (χ4v) is 4.37. The number of halogens is 2. The molecule has 1 N–H and O–H groups in total. The first-order chi connectivity index (χ1) is 13.8. The first kappa shape index (κ1) is 19.4. The summed E-state index contributed by atoms with van der Waals surface area (Å²) in [5.41, 5.74) is 6.18. The Bertz CT molecular complexity index is 1170. The monoisotopic (exact) mass is 409 g/mol. The van der Waals surface area contributed by atoms with Gasteiger partial charge in [0.15, 0.2) is 0 Å². The average Bonchev–Trinajstić information content (AvgIpc) is 2.77. The van der Waals surface area contributed by atoms with Crippen molar-refractivity contribution in [1.82, 2.24) is 0 Å². The molecule has 3 aromatic carbocycles. The van der Waals surface area contributed by atoms with E-state index < -0.39 is 9.71 Å². The van der Waals surface area contributed by atoms with E-state index in [0.717, 1.165) is 33.4 Å². The molecule has 0 spiro atoms. The molecule has 5 heteroatoms. The molecular formula is C24H21F2NOS. The molecule has 0 aromatic heterocycles. The summed E-state index contributed by atoms with van der Waals surface area (Å²) in [6.07, 6.45) is 4.83. The molecule has 29 heavy (non-hydrogen) atoms. The van der Waals surface area contributed by atoms with Crippen LogP contribution in [0.15, 0.2) is 60.7 Å². The third-order valence-electron chi connectivity index (χ3n) is 4.91. The van der Waals surface area contributed by atoms with Crippen molar-refractivity contribution in [3.63, 3.8) is 0 Å². The molecule has 0 bridgehead atoms. The summed E-state index contributed by atoms with van der Waals surface area (Å²) >= 11 is 0. The van der Waals surface area contributed by atoms with E-state index in [2.05, 4.69) is 10.6 Å². The quantitative estimate of drug-likeness (QED) is 0.583. The lowest BCUT2D eigenvalue weighted by atomic mass is 9.92. The normalized spacial score (nSPS) is 14.9. The Morgan fingerprint density at radius 1 is 0.931 bits per heavy atom. The summed E-state index contributed by atoms with van der Waals surface area (Å²) in [4.78, 5) is 0. The van der Waals surface area contributed by atoms with Crippen molar-refractivity contribution < 1.29 is 13.0 Å². The second-order valence-corrected chi connectivity index (χ2v) is 9.61. The van der Waals surface area contributed by atoms with Gasteiger partial charge in [-0.25, -0.2) is 13.0 Å². The van der Waals surface area contributed by atoms with Gasteiger partial charge in [-0.15, -0.1) is 0 Å². The summed E-state index contributed by atoms with van der Waals surface area (Å²) in [6, 6.07) is 17.1. The van der Waals surface area contributed by atoms with Gasteiger partial charge < -0.3 is 4.72 Å². The molecule has 0 amide bonds. The summed E-state index contributed by atoms with van der Waals surface area (Å²) in [5.74, 6) is 3.07. The Balaban J connectivity index is 1.89. The first-order valence-electron chi connectivity index (χ1n) is 9.28. The van der Waals surface area contributed by atoms with E-state index in [1.165, 1.54) is 12.1 Å². The van der Waals surface area contributed by atoms with E-state index in [1.807, 2.05) is 30.3 Å². The minimum Gasteiger partial charge on any atom is -0.313 e. The molecule has 1 aliphatic carbocycles. The molecule has 148 valence electrons. The zero-order valence-corrected chi connectivity index (χ0v) is 16.9. The molecule has 0 saturated heterocycles.